The van der Waals surface area contributed by atoms with Crippen LogP contribution in [-0.2, 0) is 4.74 Å². The van der Waals surface area contributed by atoms with E-state index in [2.05, 4.69) is 4.74 Å². The maximum atomic E-state index is 12.4. The number of nitrogens with zero attached hydrogens (tertiary/aromatic N) is 1. The van der Waals surface area contributed by atoms with Gasteiger partial charge in [-0.2, -0.15) is 0 Å². The molecule has 0 spiro atoms. The van der Waals surface area contributed by atoms with Crippen molar-refractivity contribution in [1.82, 2.24) is 4.57 Å². The van der Waals surface area contributed by atoms with E-state index in [0.717, 1.165) is 5.56 Å². The molecule has 1 atom stereocenters. The highest BCUT2D eigenvalue weighted by atomic mass is 35.5. The summed E-state index contributed by atoms with van der Waals surface area (Å²) in [5.74, 6) is -0.709. The Kier molecular flexibility index (Phi) is 4.70. The smallest absolute Gasteiger partial charge is 0.343 e. The minimum atomic E-state index is -0.709. The quantitative estimate of drug-likeness (QED) is 0.811. The van der Waals surface area contributed by atoms with Crippen molar-refractivity contribution in [3.8, 4) is 0 Å². The fourth-order valence-corrected chi connectivity index (χ4v) is 2.35. The van der Waals surface area contributed by atoms with Gasteiger partial charge in [0.25, 0.3) is 5.56 Å². The number of aromatic nitrogens is 1. The number of methoxy groups -OCH3 is 1. The third-order valence-corrected chi connectivity index (χ3v) is 3.64. The number of hydrogen-bond acceptors (Lipinski definition) is 3. The van der Waals surface area contributed by atoms with E-state index in [0.29, 0.717) is 5.02 Å². The van der Waals surface area contributed by atoms with Crippen molar-refractivity contribution >= 4 is 29.2 Å². The molecule has 1 aromatic carbocycles. The van der Waals surface area contributed by atoms with Crippen LogP contribution in [0.5, 0.6) is 0 Å². The highest BCUT2D eigenvalue weighted by Crippen LogP contribution is 2.20. The fourth-order valence-electron chi connectivity index (χ4n) is 2.01. The van der Waals surface area contributed by atoms with Gasteiger partial charge in [-0.1, -0.05) is 35.3 Å². The van der Waals surface area contributed by atoms with Crippen LogP contribution in [0.15, 0.2) is 41.3 Å². The Hall–Kier alpha value is -1.78. The Morgan fingerprint density at radius 2 is 1.81 bits per heavy atom. The summed E-state index contributed by atoms with van der Waals surface area (Å²) in [4.78, 5) is 24.0. The van der Waals surface area contributed by atoms with Crippen molar-refractivity contribution in [2.24, 2.45) is 0 Å². The molecule has 0 radical (unpaired) electrons. The van der Waals surface area contributed by atoms with Crippen LogP contribution in [0.25, 0.3) is 0 Å². The molecular formula is C15H13Cl2NO3. The van der Waals surface area contributed by atoms with Gasteiger partial charge >= 0.3 is 5.97 Å². The lowest BCUT2D eigenvalue weighted by Crippen LogP contribution is -2.29. The average Bonchev–Trinajstić information content (AvgIpc) is 2.48. The van der Waals surface area contributed by atoms with E-state index < -0.39 is 11.5 Å². The summed E-state index contributed by atoms with van der Waals surface area (Å²) >= 11 is 11.8. The lowest BCUT2D eigenvalue weighted by Gasteiger charge is -2.17. The van der Waals surface area contributed by atoms with Gasteiger partial charge in [-0.15, -0.1) is 0 Å². The summed E-state index contributed by atoms with van der Waals surface area (Å²) in [6.45, 7) is 1.84. The molecule has 0 N–H and O–H groups in total. The summed E-state index contributed by atoms with van der Waals surface area (Å²) in [5, 5.41) is 0.899. The maximum Gasteiger partial charge on any atom is 0.343 e. The van der Waals surface area contributed by atoms with Crippen LogP contribution < -0.4 is 5.56 Å². The molecule has 1 aromatic heterocycles. The number of carbonyl (C=O) groups is 1. The van der Waals surface area contributed by atoms with E-state index in [1.165, 1.54) is 23.9 Å². The maximum absolute atomic E-state index is 12.4. The second-order valence-electron chi connectivity index (χ2n) is 4.50. The van der Waals surface area contributed by atoms with Crippen molar-refractivity contribution in [3.05, 3.63) is 68.1 Å². The molecule has 21 heavy (non-hydrogen) atoms. The normalized spacial score (nSPS) is 12.0. The molecule has 2 rings (SSSR count). The van der Waals surface area contributed by atoms with Crippen molar-refractivity contribution < 1.29 is 9.53 Å². The monoisotopic (exact) mass is 325 g/mol. The zero-order valence-electron chi connectivity index (χ0n) is 11.5. The molecule has 6 heteroatoms. The molecule has 0 saturated carbocycles. The van der Waals surface area contributed by atoms with Gasteiger partial charge in [-0.05, 0) is 30.7 Å². The summed E-state index contributed by atoms with van der Waals surface area (Å²) in [6.07, 6.45) is 1.50. The van der Waals surface area contributed by atoms with E-state index in [4.69, 9.17) is 23.2 Å². The second kappa shape index (κ2) is 6.33. The molecule has 1 heterocycles. The van der Waals surface area contributed by atoms with Crippen LogP contribution in [-0.4, -0.2) is 17.6 Å². The number of ether oxygens (including phenoxy) is 1. The predicted octanol–water partition coefficient (Wildman–Crippen LogP) is 3.55. The Morgan fingerprint density at radius 3 is 2.38 bits per heavy atom. The Bertz CT molecular complexity index is 723. The van der Waals surface area contributed by atoms with Crippen LogP contribution in [0, 0.1) is 0 Å². The third kappa shape index (κ3) is 3.28. The van der Waals surface area contributed by atoms with Crippen molar-refractivity contribution in [1.29, 1.82) is 0 Å². The first-order valence-electron chi connectivity index (χ1n) is 6.19. The number of carbonyl (C=O) groups excluding carboxylic acids is 1. The highest BCUT2D eigenvalue weighted by molar-refractivity contribution is 6.31. The predicted molar refractivity (Wildman–Crippen MR) is 82.3 cm³/mol. The van der Waals surface area contributed by atoms with Gasteiger partial charge in [-0.25, -0.2) is 4.79 Å². The van der Waals surface area contributed by atoms with E-state index in [1.807, 2.05) is 19.1 Å². The molecule has 0 saturated heterocycles. The van der Waals surface area contributed by atoms with Gasteiger partial charge in [0.2, 0.25) is 0 Å². The molecule has 0 unspecified atom stereocenters. The zero-order valence-corrected chi connectivity index (χ0v) is 13.0. The minimum absolute atomic E-state index is 0.0918. The Morgan fingerprint density at radius 1 is 1.19 bits per heavy atom. The Labute approximate surface area is 131 Å². The molecule has 0 amide bonds. The van der Waals surface area contributed by atoms with Gasteiger partial charge in [0.1, 0.15) is 5.56 Å². The summed E-state index contributed by atoms with van der Waals surface area (Å²) in [6, 6.07) is 8.13. The highest BCUT2D eigenvalue weighted by Gasteiger charge is 2.18. The molecule has 0 aliphatic heterocycles. The molecule has 0 bridgehead atoms. The third-order valence-electron chi connectivity index (χ3n) is 3.18. The summed E-state index contributed by atoms with van der Waals surface area (Å²) in [7, 11) is 1.22. The standard InChI is InChI=1S/C15H13Cl2NO3/c1-9(10-3-5-11(16)6-4-10)18-8-12(17)7-13(14(18)19)15(20)21-2/h3-9H,1-2H3/t9-/m1/s1. The topological polar surface area (TPSA) is 48.3 Å². The van der Waals surface area contributed by atoms with E-state index in [9.17, 15) is 9.59 Å². The molecule has 0 aliphatic carbocycles. The van der Waals surface area contributed by atoms with Gasteiger partial charge < -0.3 is 9.30 Å². The van der Waals surface area contributed by atoms with E-state index in [-0.39, 0.29) is 16.6 Å². The first kappa shape index (κ1) is 15.6. The molecule has 4 nitrogen and oxygen atoms in total. The SMILES string of the molecule is COC(=O)c1cc(Cl)cn([C@H](C)c2ccc(Cl)cc2)c1=O. The van der Waals surface area contributed by atoms with Gasteiger partial charge in [0.15, 0.2) is 0 Å². The van der Waals surface area contributed by atoms with Gasteiger partial charge in [-0.3, -0.25) is 4.79 Å². The van der Waals surface area contributed by atoms with Gasteiger partial charge in [0.05, 0.1) is 18.2 Å². The Balaban J connectivity index is 2.53. The van der Waals surface area contributed by atoms with Crippen molar-refractivity contribution in [3.63, 3.8) is 0 Å². The minimum Gasteiger partial charge on any atom is -0.465 e. The van der Waals surface area contributed by atoms with Gasteiger partial charge in [0, 0.05) is 11.2 Å². The average molecular weight is 326 g/mol. The largest absolute Gasteiger partial charge is 0.465 e. The first-order chi connectivity index (χ1) is 9.93. The van der Waals surface area contributed by atoms with Crippen LogP contribution in [0.3, 0.4) is 0 Å². The van der Waals surface area contributed by atoms with Crippen LogP contribution in [0.2, 0.25) is 10.0 Å². The number of halogens is 2. The second-order valence-corrected chi connectivity index (χ2v) is 5.38. The van der Waals surface area contributed by atoms with Crippen molar-refractivity contribution in [2.45, 2.75) is 13.0 Å². The number of benzene rings is 1. The van der Waals surface area contributed by atoms with E-state index >= 15 is 0 Å². The summed E-state index contributed by atoms with van der Waals surface area (Å²) in [5.41, 5.74) is 0.332. The molecule has 2 aromatic rings. The lowest BCUT2D eigenvalue weighted by molar-refractivity contribution is 0.0598. The molecule has 110 valence electrons. The molecule has 0 aliphatic rings. The number of hydrogen-bond donors (Lipinski definition) is 0. The van der Waals surface area contributed by atoms with Crippen LogP contribution >= 0.6 is 23.2 Å². The number of rotatable bonds is 3. The molecular weight excluding hydrogens is 313 g/mol. The van der Waals surface area contributed by atoms with E-state index in [1.54, 1.807) is 12.1 Å². The van der Waals surface area contributed by atoms with Crippen LogP contribution in [0.4, 0.5) is 0 Å². The first-order valence-corrected chi connectivity index (χ1v) is 6.95. The van der Waals surface area contributed by atoms with Crippen molar-refractivity contribution in [2.75, 3.05) is 7.11 Å². The number of esters is 1. The molecule has 0 fully saturated rings. The zero-order chi connectivity index (χ0) is 15.6. The summed E-state index contributed by atoms with van der Waals surface area (Å²) < 4.78 is 6.00. The lowest BCUT2D eigenvalue weighted by atomic mass is 10.1. The van der Waals surface area contributed by atoms with Crippen LogP contribution in [0.1, 0.15) is 28.9 Å². The number of pyridine rings is 1. The fraction of sp³-hybridized carbons (Fsp3) is 0.200.